The van der Waals surface area contributed by atoms with Crippen molar-refractivity contribution in [2.45, 2.75) is 18.6 Å². The lowest BCUT2D eigenvalue weighted by molar-refractivity contribution is -0.139. The van der Waals surface area contributed by atoms with Crippen molar-refractivity contribution in [2.24, 2.45) is 0 Å². The van der Waals surface area contributed by atoms with Gasteiger partial charge in [-0.05, 0) is 39.8 Å². The Kier molecular flexibility index (Phi) is 6.35. The summed E-state index contributed by atoms with van der Waals surface area (Å²) in [6.07, 6.45) is 3.03. The van der Waals surface area contributed by atoms with Crippen LogP contribution in [0.1, 0.15) is 22.8 Å². The Labute approximate surface area is 200 Å². The van der Waals surface area contributed by atoms with Gasteiger partial charge in [-0.15, -0.1) is 5.10 Å². The number of rotatable bonds is 5. The van der Waals surface area contributed by atoms with Gasteiger partial charge in [-0.2, -0.15) is 9.94 Å². The molecule has 11 nitrogen and oxygen atoms in total. The Morgan fingerprint density at radius 3 is 2.91 bits per heavy atom. The van der Waals surface area contributed by atoms with Crippen LogP contribution in [0.25, 0.3) is 5.82 Å². The molecule has 2 aliphatic rings. The summed E-state index contributed by atoms with van der Waals surface area (Å²) in [6.45, 7) is 2.85. The van der Waals surface area contributed by atoms with Gasteiger partial charge in [0.1, 0.15) is 29.5 Å². The number of halogens is 1. The van der Waals surface area contributed by atoms with Gasteiger partial charge in [0, 0.05) is 32.4 Å². The zero-order valence-corrected chi connectivity index (χ0v) is 19.0. The van der Waals surface area contributed by atoms with E-state index in [-0.39, 0.29) is 35.8 Å². The molecule has 2 aliphatic heterocycles. The number of ether oxygens (including phenoxy) is 2. The number of morpholine rings is 1. The number of methoxy groups -OCH3 is 1. The topological polar surface area (TPSA) is 122 Å². The van der Waals surface area contributed by atoms with Crippen LogP contribution in [0.15, 0.2) is 36.8 Å². The van der Waals surface area contributed by atoms with Crippen molar-refractivity contribution in [1.29, 1.82) is 5.26 Å². The number of carbonyl (C=O) groups is 1. The van der Waals surface area contributed by atoms with Crippen LogP contribution in [0, 0.1) is 17.1 Å². The average molecular weight is 478 g/mol. The highest BCUT2D eigenvalue weighted by atomic mass is 19.1. The molecule has 2 fully saturated rings. The van der Waals surface area contributed by atoms with E-state index < -0.39 is 5.82 Å². The van der Waals surface area contributed by atoms with Gasteiger partial charge in [-0.1, -0.05) is 6.07 Å². The van der Waals surface area contributed by atoms with E-state index in [1.54, 1.807) is 18.3 Å². The van der Waals surface area contributed by atoms with Crippen molar-refractivity contribution in [3.05, 3.63) is 59.3 Å². The van der Waals surface area contributed by atoms with Crippen LogP contribution in [-0.2, 0) is 16.0 Å². The second-order valence-electron chi connectivity index (χ2n) is 8.46. The standard InChI is InChI=1S/C23H23FN8O3/c1-34-20-8-16(7-19(24)18(20)9-25)21-12-30-4-5-31(11-17(30)13-35-21)23(33)6-15-2-3-22(26-10-15)32-14-27-28-29-32/h2-3,7-8,10,14,17,21H,4-6,11-13H2,1H3/t17-,21+/m0/s1. The molecule has 5 rings (SSSR count). The second-order valence-corrected chi connectivity index (χ2v) is 8.46. The van der Waals surface area contributed by atoms with Crippen molar-refractivity contribution in [3.8, 4) is 17.6 Å². The number of fused-ring (bicyclic) bond motifs is 1. The van der Waals surface area contributed by atoms with Crippen LogP contribution in [0.2, 0.25) is 0 Å². The number of pyridine rings is 1. The maximum absolute atomic E-state index is 14.4. The number of benzene rings is 1. The third-order valence-corrected chi connectivity index (χ3v) is 6.38. The van der Waals surface area contributed by atoms with E-state index in [0.717, 1.165) is 5.56 Å². The first-order valence-corrected chi connectivity index (χ1v) is 11.1. The molecular weight excluding hydrogens is 455 g/mol. The fraction of sp³-hybridized carbons (Fsp3) is 0.391. The zero-order valence-electron chi connectivity index (χ0n) is 19.0. The van der Waals surface area contributed by atoms with Gasteiger partial charge in [0.2, 0.25) is 5.91 Å². The van der Waals surface area contributed by atoms with E-state index in [9.17, 15) is 9.18 Å². The van der Waals surface area contributed by atoms with Crippen LogP contribution in [0.3, 0.4) is 0 Å². The fourth-order valence-corrected chi connectivity index (χ4v) is 4.48. The number of amides is 1. The van der Waals surface area contributed by atoms with Gasteiger partial charge in [-0.25, -0.2) is 9.37 Å². The summed E-state index contributed by atoms with van der Waals surface area (Å²) in [5.41, 5.74) is 1.33. The van der Waals surface area contributed by atoms with Crippen LogP contribution in [-0.4, -0.2) is 86.8 Å². The quantitative estimate of drug-likeness (QED) is 0.526. The lowest BCUT2D eigenvalue weighted by Crippen LogP contribution is -2.59. The Bertz CT molecular complexity index is 1240. The van der Waals surface area contributed by atoms with Crippen molar-refractivity contribution >= 4 is 5.91 Å². The number of hydrogen-bond donors (Lipinski definition) is 0. The number of hydrogen-bond acceptors (Lipinski definition) is 9. The Morgan fingerprint density at radius 2 is 2.20 bits per heavy atom. The SMILES string of the molecule is COc1cc([C@H]2CN3CCN(C(=O)Cc4ccc(-n5cnnn5)nc4)C[C@H]3CO2)cc(F)c1C#N. The summed E-state index contributed by atoms with van der Waals surface area (Å²) in [4.78, 5) is 21.4. The first-order chi connectivity index (χ1) is 17.1. The molecule has 3 aromatic rings. The molecule has 0 saturated carbocycles. The molecule has 180 valence electrons. The van der Waals surface area contributed by atoms with Gasteiger partial charge in [0.25, 0.3) is 0 Å². The fourth-order valence-electron chi connectivity index (χ4n) is 4.48. The molecule has 0 radical (unpaired) electrons. The molecule has 4 heterocycles. The van der Waals surface area contributed by atoms with Crippen LogP contribution >= 0.6 is 0 Å². The minimum absolute atomic E-state index is 0.0302. The number of tetrazole rings is 1. The number of piperazine rings is 1. The predicted molar refractivity (Wildman–Crippen MR) is 119 cm³/mol. The summed E-state index contributed by atoms with van der Waals surface area (Å²) in [7, 11) is 1.41. The summed E-state index contributed by atoms with van der Waals surface area (Å²) < 4.78 is 27.0. The summed E-state index contributed by atoms with van der Waals surface area (Å²) in [5, 5.41) is 20.1. The normalized spacial score (nSPS) is 20.2. The van der Waals surface area contributed by atoms with Gasteiger partial charge in [0.05, 0.1) is 32.3 Å². The Balaban J connectivity index is 1.19. The summed E-state index contributed by atoms with van der Waals surface area (Å²) >= 11 is 0. The van der Waals surface area contributed by atoms with Gasteiger partial charge in [0.15, 0.2) is 5.82 Å². The second kappa shape index (κ2) is 9.73. The molecule has 35 heavy (non-hydrogen) atoms. The highest BCUT2D eigenvalue weighted by Crippen LogP contribution is 2.32. The molecule has 2 aromatic heterocycles. The molecule has 0 spiro atoms. The monoisotopic (exact) mass is 478 g/mol. The maximum Gasteiger partial charge on any atom is 0.227 e. The molecular formula is C23H23FN8O3. The van der Waals surface area contributed by atoms with E-state index in [2.05, 4.69) is 25.4 Å². The van der Waals surface area contributed by atoms with E-state index in [0.29, 0.717) is 44.2 Å². The molecule has 1 aromatic carbocycles. The van der Waals surface area contributed by atoms with E-state index in [1.807, 2.05) is 17.0 Å². The number of carbonyl (C=O) groups excluding carboxylic acids is 1. The van der Waals surface area contributed by atoms with Crippen molar-refractivity contribution in [1.82, 2.24) is 35.0 Å². The first-order valence-electron chi connectivity index (χ1n) is 11.1. The molecule has 1 amide bonds. The lowest BCUT2D eigenvalue weighted by atomic mass is 10.0. The predicted octanol–water partition coefficient (Wildman–Crippen LogP) is 0.903. The van der Waals surface area contributed by atoms with Gasteiger partial charge in [-0.3, -0.25) is 9.69 Å². The molecule has 0 unspecified atom stereocenters. The third-order valence-electron chi connectivity index (χ3n) is 6.38. The maximum atomic E-state index is 14.4. The van der Waals surface area contributed by atoms with Crippen LogP contribution in [0.4, 0.5) is 4.39 Å². The lowest BCUT2D eigenvalue weighted by Gasteiger charge is -2.46. The molecule has 12 heteroatoms. The van der Waals surface area contributed by atoms with Gasteiger partial charge < -0.3 is 14.4 Å². The van der Waals surface area contributed by atoms with E-state index in [1.165, 1.54) is 24.2 Å². The minimum Gasteiger partial charge on any atom is -0.495 e. The van der Waals surface area contributed by atoms with E-state index in [4.69, 9.17) is 14.7 Å². The highest BCUT2D eigenvalue weighted by molar-refractivity contribution is 5.79. The minimum atomic E-state index is -0.622. The van der Waals surface area contributed by atoms with Gasteiger partial charge >= 0.3 is 0 Å². The first kappa shape index (κ1) is 22.8. The van der Waals surface area contributed by atoms with Crippen LogP contribution < -0.4 is 4.74 Å². The summed E-state index contributed by atoms with van der Waals surface area (Å²) in [6, 6.07) is 8.51. The van der Waals surface area contributed by atoms with E-state index >= 15 is 0 Å². The molecule has 0 bridgehead atoms. The van der Waals surface area contributed by atoms with Crippen molar-refractivity contribution in [3.63, 3.8) is 0 Å². The third kappa shape index (κ3) is 4.68. The van der Waals surface area contributed by atoms with Crippen molar-refractivity contribution in [2.75, 3.05) is 39.9 Å². The molecule has 2 atom stereocenters. The molecule has 0 N–H and O–H groups in total. The highest BCUT2D eigenvalue weighted by Gasteiger charge is 2.36. The average Bonchev–Trinajstić information content (AvgIpc) is 3.43. The van der Waals surface area contributed by atoms with Crippen molar-refractivity contribution < 1.29 is 18.7 Å². The smallest absolute Gasteiger partial charge is 0.227 e. The van der Waals surface area contributed by atoms with Crippen LogP contribution in [0.5, 0.6) is 5.75 Å². The zero-order chi connectivity index (χ0) is 24.4. The summed E-state index contributed by atoms with van der Waals surface area (Å²) in [5.74, 6) is 0.184. The number of aromatic nitrogens is 5. The number of nitrogens with zero attached hydrogens (tertiary/aromatic N) is 8. The Morgan fingerprint density at radius 1 is 1.31 bits per heavy atom. The molecule has 2 saturated heterocycles. The largest absolute Gasteiger partial charge is 0.495 e. The Hall–Kier alpha value is -3.95. The number of nitriles is 1. The molecule has 0 aliphatic carbocycles.